The molecular weight excluding hydrogens is 332 g/mol. The van der Waals surface area contributed by atoms with E-state index in [4.69, 9.17) is 0 Å². The SMILES string of the molecule is O=C1CCc2cc(CCN3CC[C@@H](c4cccs4)[C@H](O)C3)ccc2N1. The molecule has 2 aliphatic rings. The summed E-state index contributed by atoms with van der Waals surface area (Å²) in [5.74, 6) is 0.409. The summed E-state index contributed by atoms with van der Waals surface area (Å²) in [5.41, 5.74) is 3.52. The van der Waals surface area contributed by atoms with E-state index in [0.29, 0.717) is 12.3 Å². The molecule has 2 aromatic rings. The number of aliphatic hydroxyl groups excluding tert-OH is 1. The van der Waals surface area contributed by atoms with Crippen LogP contribution >= 0.6 is 11.3 Å². The number of nitrogens with zero attached hydrogens (tertiary/aromatic N) is 1. The van der Waals surface area contributed by atoms with Crippen LogP contribution in [0.1, 0.15) is 34.8 Å². The fourth-order valence-electron chi connectivity index (χ4n) is 3.91. The number of rotatable bonds is 4. The minimum absolute atomic E-state index is 0.114. The molecule has 2 N–H and O–H groups in total. The summed E-state index contributed by atoms with van der Waals surface area (Å²) in [7, 11) is 0. The van der Waals surface area contributed by atoms with Crippen LogP contribution < -0.4 is 5.32 Å². The van der Waals surface area contributed by atoms with E-state index in [2.05, 4.69) is 39.9 Å². The lowest BCUT2D eigenvalue weighted by atomic mass is 9.92. The zero-order valence-electron chi connectivity index (χ0n) is 14.3. The van der Waals surface area contributed by atoms with E-state index in [0.717, 1.165) is 44.6 Å². The Hall–Kier alpha value is -1.69. The molecule has 0 radical (unpaired) electrons. The van der Waals surface area contributed by atoms with Gasteiger partial charge in [0.2, 0.25) is 5.91 Å². The number of thiophene rings is 1. The van der Waals surface area contributed by atoms with Crippen LogP contribution in [-0.4, -0.2) is 41.7 Å². The number of β-amino-alcohol motifs (C(OH)–C–C–N with tert-alkyl or cyclic N) is 1. The van der Waals surface area contributed by atoms with Crippen molar-refractivity contribution in [2.24, 2.45) is 0 Å². The van der Waals surface area contributed by atoms with Crippen LogP contribution in [0.2, 0.25) is 0 Å². The molecule has 4 nitrogen and oxygen atoms in total. The quantitative estimate of drug-likeness (QED) is 0.885. The van der Waals surface area contributed by atoms with Crippen molar-refractivity contribution in [3.63, 3.8) is 0 Å². The van der Waals surface area contributed by atoms with E-state index in [1.54, 1.807) is 11.3 Å². The molecule has 2 aliphatic heterocycles. The predicted octanol–water partition coefficient (Wildman–Crippen LogP) is 3.03. The molecule has 1 saturated heterocycles. The Morgan fingerprint density at radius 1 is 1.28 bits per heavy atom. The Balaban J connectivity index is 1.33. The molecule has 1 aromatic carbocycles. The molecule has 25 heavy (non-hydrogen) atoms. The van der Waals surface area contributed by atoms with Gasteiger partial charge in [0, 0.05) is 36.0 Å². The second kappa shape index (κ2) is 7.28. The molecule has 1 aromatic heterocycles. The van der Waals surface area contributed by atoms with E-state index < -0.39 is 0 Å². The highest BCUT2D eigenvalue weighted by Crippen LogP contribution is 2.31. The summed E-state index contributed by atoms with van der Waals surface area (Å²) < 4.78 is 0. The number of amides is 1. The molecule has 132 valence electrons. The number of carbonyl (C=O) groups is 1. The first-order valence-electron chi connectivity index (χ1n) is 9.04. The van der Waals surface area contributed by atoms with E-state index >= 15 is 0 Å². The molecule has 1 fully saturated rings. The monoisotopic (exact) mass is 356 g/mol. The largest absolute Gasteiger partial charge is 0.391 e. The summed E-state index contributed by atoms with van der Waals surface area (Å²) in [5, 5.41) is 15.5. The number of aliphatic hydroxyl groups is 1. The van der Waals surface area contributed by atoms with Crippen molar-refractivity contribution in [3.8, 4) is 0 Å². The van der Waals surface area contributed by atoms with Gasteiger partial charge in [0.1, 0.15) is 0 Å². The summed E-state index contributed by atoms with van der Waals surface area (Å²) in [4.78, 5) is 15.1. The lowest BCUT2D eigenvalue weighted by Gasteiger charge is -2.35. The van der Waals surface area contributed by atoms with Crippen LogP contribution in [0.25, 0.3) is 0 Å². The number of aryl methyl sites for hydroxylation is 1. The molecule has 0 aliphatic carbocycles. The smallest absolute Gasteiger partial charge is 0.224 e. The minimum Gasteiger partial charge on any atom is -0.391 e. The van der Waals surface area contributed by atoms with Crippen LogP contribution in [0.5, 0.6) is 0 Å². The molecule has 5 heteroatoms. The van der Waals surface area contributed by atoms with Crippen molar-refractivity contribution in [1.29, 1.82) is 0 Å². The van der Waals surface area contributed by atoms with E-state index in [9.17, 15) is 9.90 Å². The molecule has 0 bridgehead atoms. The first kappa shape index (κ1) is 16.8. The topological polar surface area (TPSA) is 52.6 Å². The van der Waals surface area contributed by atoms with Crippen LogP contribution in [0.3, 0.4) is 0 Å². The van der Waals surface area contributed by atoms with Crippen LogP contribution in [0.4, 0.5) is 5.69 Å². The maximum atomic E-state index is 11.4. The lowest BCUT2D eigenvalue weighted by Crippen LogP contribution is -2.43. The first-order valence-corrected chi connectivity index (χ1v) is 9.92. The average Bonchev–Trinajstić information content (AvgIpc) is 3.14. The number of hydrogen-bond acceptors (Lipinski definition) is 4. The van der Waals surface area contributed by atoms with Gasteiger partial charge in [0.25, 0.3) is 0 Å². The van der Waals surface area contributed by atoms with Crippen LogP contribution in [0.15, 0.2) is 35.7 Å². The molecule has 2 atom stereocenters. The molecule has 0 saturated carbocycles. The van der Waals surface area contributed by atoms with Crippen molar-refractivity contribution in [2.75, 3.05) is 25.0 Å². The van der Waals surface area contributed by atoms with Crippen molar-refractivity contribution in [2.45, 2.75) is 37.7 Å². The number of hydrogen-bond donors (Lipinski definition) is 2. The standard InChI is InChI=1S/C20H24N2O2S/c23-18-13-22(10-8-16(18)19-2-1-11-25-19)9-7-14-3-5-17-15(12-14)4-6-20(24)21-17/h1-3,5,11-12,16,18,23H,4,6-10,13H2,(H,21,24)/t16-,18-/m1/s1. The van der Waals surface area contributed by atoms with Gasteiger partial charge in [-0.15, -0.1) is 11.3 Å². The maximum absolute atomic E-state index is 11.4. The number of fused-ring (bicyclic) bond motifs is 1. The van der Waals surface area contributed by atoms with E-state index in [1.807, 2.05) is 6.07 Å². The second-order valence-corrected chi connectivity index (χ2v) is 8.05. The fourth-order valence-corrected chi connectivity index (χ4v) is 4.83. The predicted molar refractivity (Wildman–Crippen MR) is 101 cm³/mol. The van der Waals surface area contributed by atoms with Gasteiger partial charge < -0.3 is 15.3 Å². The summed E-state index contributed by atoms with van der Waals surface area (Å²) in [6, 6.07) is 10.6. The Labute approximate surface area is 152 Å². The zero-order chi connectivity index (χ0) is 17.2. The third kappa shape index (κ3) is 3.78. The number of likely N-dealkylation sites (tertiary alicyclic amines) is 1. The molecular formula is C20H24N2O2S. The van der Waals surface area contributed by atoms with Gasteiger partial charge in [-0.1, -0.05) is 18.2 Å². The minimum atomic E-state index is -0.272. The molecule has 1 amide bonds. The van der Waals surface area contributed by atoms with Crippen molar-refractivity contribution in [3.05, 3.63) is 51.7 Å². The molecule has 3 heterocycles. The van der Waals surface area contributed by atoms with Crippen molar-refractivity contribution >= 4 is 22.9 Å². The van der Waals surface area contributed by atoms with Crippen LogP contribution in [-0.2, 0) is 17.6 Å². The molecule has 4 rings (SSSR count). The van der Waals surface area contributed by atoms with Crippen molar-refractivity contribution in [1.82, 2.24) is 4.90 Å². The highest BCUT2D eigenvalue weighted by Gasteiger charge is 2.29. The fraction of sp³-hybridized carbons (Fsp3) is 0.450. The number of anilines is 1. The first-order chi connectivity index (χ1) is 12.2. The van der Waals surface area contributed by atoms with Gasteiger partial charge in [-0.05, 0) is 54.4 Å². The highest BCUT2D eigenvalue weighted by molar-refractivity contribution is 7.10. The summed E-state index contributed by atoms with van der Waals surface area (Å²) in [6.07, 6.45) is 3.15. The number of piperidine rings is 1. The average molecular weight is 356 g/mol. The summed E-state index contributed by atoms with van der Waals surface area (Å²) in [6.45, 7) is 2.77. The molecule has 0 spiro atoms. The third-order valence-electron chi connectivity index (χ3n) is 5.36. The Morgan fingerprint density at radius 3 is 3.00 bits per heavy atom. The van der Waals surface area contributed by atoms with Crippen molar-refractivity contribution < 1.29 is 9.90 Å². The normalized spacial score (nSPS) is 24.0. The third-order valence-corrected chi connectivity index (χ3v) is 6.36. The zero-order valence-corrected chi connectivity index (χ0v) is 15.1. The summed E-state index contributed by atoms with van der Waals surface area (Å²) >= 11 is 1.75. The lowest BCUT2D eigenvalue weighted by molar-refractivity contribution is -0.116. The molecule has 0 unspecified atom stereocenters. The van der Waals surface area contributed by atoms with Gasteiger partial charge in [-0.25, -0.2) is 0 Å². The second-order valence-electron chi connectivity index (χ2n) is 7.07. The van der Waals surface area contributed by atoms with Gasteiger partial charge in [0.05, 0.1) is 6.10 Å². The Bertz CT molecular complexity index is 744. The van der Waals surface area contributed by atoms with Crippen LogP contribution in [0, 0.1) is 0 Å². The van der Waals surface area contributed by atoms with E-state index in [1.165, 1.54) is 16.0 Å². The van der Waals surface area contributed by atoms with Gasteiger partial charge >= 0.3 is 0 Å². The van der Waals surface area contributed by atoms with Gasteiger partial charge in [0.15, 0.2) is 0 Å². The number of benzene rings is 1. The highest BCUT2D eigenvalue weighted by atomic mass is 32.1. The number of carbonyl (C=O) groups excluding carboxylic acids is 1. The van der Waals surface area contributed by atoms with Gasteiger partial charge in [-0.2, -0.15) is 0 Å². The maximum Gasteiger partial charge on any atom is 0.224 e. The Kier molecular flexibility index (Phi) is 4.88. The number of nitrogens with one attached hydrogen (secondary N) is 1. The van der Waals surface area contributed by atoms with Gasteiger partial charge in [-0.3, -0.25) is 4.79 Å². The van der Waals surface area contributed by atoms with E-state index in [-0.39, 0.29) is 12.0 Å². The Morgan fingerprint density at radius 2 is 2.20 bits per heavy atom.